The van der Waals surface area contributed by atoms with Gasteiger partial charge >= 0.3 is 0 Å². The molecule has 128 valence electrons. The maximum absolute atomic E-state index is 12.7. The highest BCUT2D eigenvalue weighted by Crippen LogP contribution is 2.28. The van der Waals surface area contributed by atoms with Crippen molar-refractivity contribution in [3.8, 4) is 11.5 Å². The van der Waals surface area contributed by atoms with E-state index in [0.29, 0.717) is 5.75 Å². The van der Waals surface area contributed by atoms with E-state index in [-0.39, 0.29) is 11.9 Å². The Labute approximate surface area is 144 Å². The Bertz CT molecular complexity index is 699. The van der Waals surface area contributed by atoms with Gasteiger partial charge in [-0.15, -0.1) is 0 Å². The summed E-state index contributed by atoms with van der Waals surface area (Å²) in [5.41, 5.74) is 2.07. The number of methoxy groups -OCH3 is 1. The van der Waals surface area contributed by atoms with Crippen molar-refractivity contribution < 1.29 is 14.3 Å². The van der Waals surface area contributed by atoms with E-state index in [1.165, 1.54) is 0 Å². The number of carbonyl (C=O) groups excluding carboxylic acids is 1. The molecule has 2 aromatic carbocycles. The summed E-state index contributed by atoms with van der Waals surface area (Å²) in [6, 6.07) is 15.3. The highest BCUT2D eigenvalue weighted by Gasteiger charge is 2.25. The molecule has 24 heavy (non-hydrogen) atoms. The van der Waals surface area contributed by atoms with Gasteiger partial charge in [-0.25, -0.2) is 0 Å². The van der Waals surface area contributed by atoms with Crippen LogP contribution >= 0.6 is 0 Å². The molecule has 0 aliphatic carbocycles. The molecular formula is C20H25NO3. The van der Waals surface area contributed by atoms with Gasteiger partial charge in [0.15, 0.2) is 6.10 Å². The Balaban J connectivity index is 2.10. The first-order valence-corrected chi connectivity index (χ1v) is 8.07. The lowest BCUT2D eigenvalue weighted by atomic mass is 10.1. The molecule has 4 heteroatoms. The van der Waals surface area contributed by atoms with Crippen LogP contribution in [0.1, 0.15) is 31.0 Å². The minimum atomic E-state index is -0.561. The summed E-state index contributed by atoms with van der Waals surface area (Å²) in [4.78, 5) is 14.4. The topological polar surface area (TPSA) is 38.8 Å². The molecule has 0 aromatic heterocycles. The van der Waals surface area contributed by atoms with Crippen molar-refractivity contribution in [2.24, 2.45) is 0 Å². The van der Waals surface area contributed by atoms with Crippen molar-refractivity contribution in [1.82, 2.24) is 4.90 Å². The fourth-order valence-electron chi connectivity index (χ4n) is 2.64. The summed E-state index contributed by atoms with van der Waals surface area (Å²) in [5, 5.41) is 0. The third-order valence-electron chi connectivity index (χ3n) is 4.17. The molecule has 2 unspecified atom stereocenters. The van der Waals surface area contributed by atoms with Gasteiger partial charge in [-0.05, 0) is 44.5 Å². The lowest BCUT2D eigenvalue weighted by molar-refractivity contribution is -0.138. The van der Waals surface area contributed by atoms with Crippen LogP contribution in [0.25, 0.3) is 0 Å². The quantitative estimate of drug-likeness (QED) is 0.805. The zero-order valence-corrected chi connectivity index (χ0v) is 14.9. The summed E-state index contributed by atoms with van der Waals surface area (Å²) < 4.78 is 11.2. The minimum absolute atomic E-state index is 0.0742. The third-order valence-corrected chi connectivity index (χ3v) is 4.17. The van der Waals surface area contributed by atoms with Crippen LogP contribution in [-0.4, -0.2) is 31.1 Å². The average molecular weight is 327 g/mol. The molecule has 0 aliphatic rings. The van der Waals surface area contributed by atoms with E-state index in [4.69, 9.17) is 9.47 Å². The minimum Gasteiger partial charge on any atom is -0.496 e. The highest BCUT2D eigenvalue weighted by atomic mass is 16.5. The van der Waals surface area contributed by atoms with Crippen molar-refractivity contribution in [2.45, 2.75) is 32.9 Å². The number of hydrogen-bond donors (Lipinski definition) is 0. The first kappa shape index (κ1) is 17.9. The molecule has 0 saturated heterocycles. The third kappa shape index (κ3) is 4.07. The first-order valence-electron chi connectivity index (χ1n) is 8.07. The Morgan fingerprint density at radius 1 is 1.08 bits per heavy atom. The van der Waals surface area contributed by atoms with Crippen molar-refractivity contribution in [3.05, 3.63) is 59.7 Å². The van der Waals surface area contributed by atoms with E-state index in [1.54, 1.807) is 26.0 Å². The van der Waals surface area contributed by atoms with E-state index < -0.39 is 6.10 Å². The van der Waals surface area contributed by atoms with Crippen LogP contribution in [0.3, 0.4) is 0 Å². The highest BCUT2D eigenvalue weighted by molar-refractivity contribution is 5.81. The number of ether oxygens (including phenoxy) is 2. The summed E-state index contributed by atoms with van der Waals surface area (Å²) in [6.45, 7) is 5.75. The van der Waals surface area contributed by atoms with Gasteiger partial charge < -0.3 is 14.4 Å². The van der Waals surface area contributed by atoms with Crippen molar-refractivity contribution in [2.75, 3.05) is 14.2 Å². The summed E-state index contributed by atoms with van der Waals surface area (Å²) in [6.07, 6.45) is -0.561. The van der Waals surface area contributed by atoms with Gasteiger partial charge in [-0.2, -0.15) is 0 Å². The number of carbonyl (C=O) groups is 1. The zero-order valence-electron chi connectivity index (χ0n) is 14.9. The summed E-state index contributed by atoms with van der Waals surface area (Å²) in [5.74, 6) is 1.40. The van der Waals surface area contributed by atoms with Crippen LogP contribution in [0.4, 0.5) is 0 Å². The van der Waals surface area contributed by atoms with Crippen LogP contribution in [0.2, 0.25) is 0 Å². The van der Waals surface area contributed by atoms with Gasteiger partial charge in [0.25, 0.3) is 5.91 Å². The summed E-state index contributed by atoms with van der Waals surface area (Å²) >= 11 is 0. The monoisotopic (exact) mass is 327 g/mol. The van der Waals surface area contributed by atoms with Gasteiger partial charge in [0.05, 0.1) is 13.2 Å². The molecule has 2 atom stereocenters. The molecule has 0 saturated carbocycles. The molecule has 0 radical (unpaired) electrons. The zero-order chi connectivity index (χ0) is 17.7. The molecule has 2 rings (SSSR count). The molecular weight excluding hydrogens is 302 g/mol. The number of likely N-dealkylation sites (N-methyl/N-ethyl adjacent to an activating group) is 1. The Kier molecular flexibility index (Phi) is 5.85. The summed E-state index contributed by atoms with van der Waals surface area (Å²) in [7, 11) is 3.42. The molecule has 0 fully saturated rings. The second kappa shape index (κ2) is 7.86. The SMILES string of the molecule is COc1ccccc1C(C)N(C)C(=O)C(C)Oc1cccc(C)c1. The average Bonchev–Trinajstić information content (AvgIpc) is 2.59. The number of para-hydroxylation sites is 1. The fourth-order valence-corrected chi connectivity index (χ4v) is 2.64. The van der Waals surface area contributed by atoms with Crippen LogP contribution in [-0.2, 0) is 4.79 Å². The van der Waals surface area contributed by atoms with E-state index in [2.05, 4.69) is 0 Å². The van der Waals surface area contributed by atoms with E-state index >= 15 is 0 Å². The molecule has 0 heterocycles. The molecule has 0 aliphatic heterocycles. The van der Waals surface area contributed by atoms with E-state index in [0.717, 1.165) is 16.9 Å². The Hall–Kier alpha value is -2.49. The standard InChI is InChI=1S/C20H25NO3/c1-14-9-8-10-17(13-14)24-16(3)20(22)21(4)15(2)18-11-6-7-12-19(18)23-5/h6-13,15-16H,1-5H3. The number of hydrogen-bond acceptors (Lipinski definition) is 3. The lowest BCUT2D eigenvalue weighted by Crippen LogP contribution is -2.39. The number of benzene rings is 2. The molecule has 0 bridgehead atoms. The second-order valence-electron chi connectivity index (χ2n) is 5.94. The lowest BCUT2D eigenvalue weighted by Gasteiger charge is -2.29. The second-order valence-corrected chi connectivity index (χ2v) is 5.94. The number of aryl methyl sites for hydroxylation is 1. The van der Waals surface area contributed by atoms with Gasteiger partial charge in [0.2, 0.25) is 0 Å². The van der Waals surface area contributed by atoms with Gasteiger partial charge in [-0.3, -0.25) is 4.79 Å². The smallest absolute Gasteiger partial charge is 0.263 e. The largest absolute Gasteiger partial charge is 0.496 e. The molecule has 0 spiro atoms. The maximum Gasteiger partial charge on any atom is 0.263 e. The maximum atomic E-state index is 12.7. The van der Waals surface area contributed by atoms with E-state index in [9.17, 15) is 4.79 Å². The van der Waals surface area contributed by atoms with E-state index in [1.807, 2.05) is 62.4 Å². The number of rotatable bonds is 6. The van der Waals surface area contributed by atoms with Crippen LogP contribution in [0.15, 0.2) is 48.5 Å². The Morgan fingerprint density at radius 2 is 1.79 bits per heavy atom. The van der Waals surface area contributed by atoms with Crippen molar-refractivity contribution in [1.29, 1.82) is 0 Å². The van der Waals surface area contributed by atoms with Gasteiger partial charge in [0.1, 0.15) is 11.5 Å². The van der Waals surface area contributed by atoms with Crippen LogP contribution < -0.4 is 9.47 Å². The van der Waals surface area contributed by atoms with Crippen molar-refractivity contribution in [3.63, 3.8) is 0 Å². The van der Waals surface area contributed by atoms with Gasteiger partial charge in [0, 0.05) is 12.6 Å². The predicted octanol–water partition coefficient (Wildman–Crippen LogP) is 3.99. The normalized spacial score (nSPS) is 13.0. The number of amides is 1. The van der Waals surface area contributed by atoms with Gasteiger partial charge in [-0.1, -0.05) is 30.3 Å². The number of nitrogens with zero attached hydrogens (tertiary/aromatic N) is 1. The molecule has 0 N–H and O–H groups in total. The van der Waals surface area contributed by atoms with Crippen molar-refractivity contribution >= 4 is 5.91 Å². The predicted molar refractivity (Wildman–Crippen MR) is 95.4 cm³/mol. The first-order chi connectivity index (χ1) is 11.4. The van der Waals surface area contributed by atoms with Crippen LogP contribution in [0.5, 0.6) is 11.5 Å². The molecule has 1 amide bonds. The fraction of sp³-hybridized carbons (Fsp3) is 0.350. The molecule has 2 aromatic rings. The molecule has 4 nitrogen and oxygen atoms in total. The van der Waals surface area contributed by atoms with Crippen LogP contribution in [0, 0.1) is 6.92 Å². The Morgan fingerprint density at radius 3 is 2.46 bits per heavy atom.